The number of aliphatic hydroxyl groups excluding tert-OH is 1. The van der Waals surface area contributed by atoms with E-state index in [1.54, 1.807) is 13.8 Å². The Labute approximate surface area is 136 Å². The monoisotopic (exact) mass is 342 g/mol. The van der Waals surface area contributed by atoms with Crippen molar-refractivity contribution in [2.24, 2.45) is 0 Å². The number of benzene rings is 1. The predicted molar refractivity (Wildman–Crippen MR) is 79.3 cm³/mol. The van der Waals surface area contributed by atoms with Crippen LogP contribution in [0.1, 0.15) is 45.7 Å². The van der Waals surface area contributed by atoms with Crippen molar-refractivity contribution in [2.75, 3.05) is 6.61 Å². The molecular weight excluding hydrogens is 325 g/mol. The highest BCUT2D eigenvalue weighted by molar-refractivity contribution is 5.92. The molecule has 0 bridgehead atoms. The van der Waals surface area contributed by atoms with Crippen molar-refractivity contribution in [3.05, 3.63) is 52.7 Å². The summed E-state index contributed by atoms with van der Waals surface area (Å²) in [6.45, 7) is 2.88. The van der Waals surface area contributed by atoms with Crippen LogP contribution in [-0.2, 0) is 6.18 Å². The number of amides is 1. The Bertz CT molecular complexity index is 726. The molecule has 1 atom stereocenters. The van der Waals surface area contributed by atoms with Crippen LogP contribution in [0.2, 0.25) is 0 Å². The second-order valence-corrected chi connectivity index (χ2v) is 5.31. The van der Waals surface area contributed by atoms with E-state index in [0.29, 0.717) is 11.6 Å². The van der Waals surface area contributed by atoms with Crippen molar-refractivity contribution in [2.45, 2.75) is 32.5 Å². The lowest BCUT2D eigenvalue weighted by Crippen LogP contribution is -2.29. The van der Waals surface area contributed by atoms with Crippen LogP contribution in [0.4, 0.5) is 13.2 Å². The summed E-state index contributed by atoms with van der Waals surface area (Å²) in [5, 5.41) is 11.7. The molecule has 0 fully saturated rings. The molecule has 1 aromatic heterocycles. The molecule has 0 spiro atoms. The van der Waals surface area contributed by atoms with Crippen molar-refractivity contribution >= 4 is 5.91 Å². The zero-order chi connectivity index (χ0) is 17.9. The summed E-state index contributed by atoms with van der Waals surface area (Å²) in [4.78, 5) is 16.2. The van der Waals surface area contributed by atoms with E-state index in [2.05, 4.69) is 10.3 Å². The predicted octanol–water partition coefficient (Wildman–Crippen LogP) is 3.16. The van der Waals surface area contributed by atoms with Gasteiger partial charge in [-0.05, 0) is 31.0 Å². The van der Waals surface area contributed by atoms with Crippen LogP contribution in [0.5, 0.6) is 0 Å². The van der Waals surface area contributed by atoms with Gasteiger partial charge in [0, 0.05) is 13.5 Å². The van der Waals surface area contributed by atoms with E-state index in [9.17, 15) is 18.0 Å². The van der Waals surface area contributed by atoms with Gasteiger partial charge in [0.25, 0.3) is 5.91 Å². The first kappa shape index (κ1) is 18.0. The van der Waals surface area contributed by atoms with E-state index in [-0.39, 0.29) is 24.4 Å². The molecule has 5 nitrogen and oxygen atoms in total. The summed E-state index contributed by atoms with van der Waals surface area (Å²) in [5.74, 6) is -0.276. The third kappa shape index (κ3) is 4.14. The quantitative estimate of drug-likeness (QED) is 0.875. The lowest BCUT2D eigenvalue weighted by atomic mass is 10.0. The molecule has 0 aliphatic rings. The summed E-state index contributed by atoms with van der Waals surface area (Å²) in [7, 11) is 0. The lowest BCUT2D eigenvalue weighted by molar-refractivity contribution is -0.137. The fourth-order valence-electron chi connectivity index (χ4n) is 2.35. The number of alkyl halides is 3. The molecule has 0 saturated carbocycles. The molecule has 130 valence electrons. The molecule has 0 radical (unpaired) electrons. The smallest absolute Gasteiger partial charge is 0.416 e. The number of rotatable bonds is 5. The molecule has 2 rings (SSSR count). The maximum atomic E-state index is 12.8. The van der Waals surface area contributed by atoms with Crippen LogP contribution in [0, 0.1) is 13.8 Å². The number of hydrogen-bond acceptors (Lipinski definition) is 4. The molecule has 0 aliphatic heterocycles. The van der Waals surface area contributed by atoms with Crippen LogP contribution in [0.3, 0.4) is 0 Å². The molecule has 0 aliphatic carbocycles. The fourth-order valence-corrected chi connectivity index (χ4v) is 2.35. The van der Waals surface area contributed by atoms with Gasteiger partial charge in [-0.2, -0.15) is 13.2 Å². The van der Waals surface area contributed by atoms with Crippen LogP contribution < -0.4 is 5.32 Å². The van der Waals surface area contributed by atoms with Crippen molar-refractivity contribution in [1.82, 2.24) is 10.3 Å². The minimum atomic E-state index is -4.48. The van der Waals surface area contributed by atoms with E-state index < -0.39 is 23.7 Å². The maximum absolute atomic E-state index is 12.8. The highest BCUT2D eigenvalue weighted by atomic mass is 19.4. The molecule has 1 amide bonds. The normalized spacial score (nSPS) is 12.9. The first-order chi connectivity index (χ1) is 11.2. The second-order valence-electron chi connectivity index (χ2n) is 5.31. The highest BCUT2D eigenvalue weighted by Crippen LogP contribution is 2.31. The Balaban J connectivity index is 2.26. The van der Waals surface area contributed by atoms with Crippen LogP contribution in [0.15, 0.2) is 28.7 Å². The van der Waals surface area contributed by atoms with Crippen molar-refractivity contribution in [3.63, 3.8) is 0 Å². The van der Waals surface area contributed by atoms with E-state index in [0.717, 1.165) is 12.1 Å². The van der Waals surface area contributed by atoms with Gasteiger partial charge in [0.05, 0.1) is 17.3 Å². The van der Waals surface area contributed by atoms with E-state index >= 15 is 0 Å². The van der Waals surface area contributed by atoms with Crippen molar-refractivity contribution in [1.29, 1.82) is 0 Å². The third-order valence-electron chi connectivity index (χ3n) is 3.45. The molecule has 2 N–H and O–H groups in total. The van der Waals surface area contributed by atoms with Gasteiger partial charge < -0.3 is 14.8 Å². The van der Waals surface area contributed by atoms with Gasteiger partial charge in [-0.25, -0.2) is 4.98 Å². The van der Waals surface area contributed by atoms with Gasteiger partial charge in [-0.15, -0.1) is 0 Å². The van der Waals surface area contributed by atoms with Gasteiger partial charge in [0.1, 0.15) is 0 Å². The highest BCUT2D eigenvalue weighted by Gasteiger charge is 2.31. The van der Waals surface area contributed by atoms with Gasteiger partial charge >= 0.3 is 6.18 Å². The van der Waals surface area contributed by atoms with Gasteiger partial charge in [0.15, 0.2) is 5.89 Å². The Hall–Kier alpha value is -2.35. The first-order valence-corrected chi connectivity index (χ1v) is 7.25. The van der Waals surface area contributed by atoms with Gasteiger partial charge in [0.2, 0.25) is 5.76 Å². The number of nitrogens with one attached hydrogen (secondary N) is 1. The molecule has 1 aromatic carbocycles. The molecule has 0 saturated heterocycles. The zero-order valence-electron chi connectivity index (χ0n) is 13.1. The van der Waals surface area contributed by atoms with E-state index in [4.69, 9.17) is 9.52 Å². The number of aromatic nitrogens is 1. The molecule has 24 heavy (non-hydrogen) atoms. The average molecular weight is 342 g/mol. The number of carbonyl (C=O) groups is 1. The zero-order valence-corrected chi connectivity index (χ0v) is 13.1. The topological polar surface area (TPSA) is 75.4 Å². The number of nitrogens with zero attached hydrogens (tertiary/aromatic N) is 1. The third-order valence-corrected chi connectivity index (χ3v) is 3.45. The Morgan fingerprint density at radius 3 is 2.62 bits per heavy atom. The molecule has 1 heterocycles. The summed E-state index contributed by atoms with van der Waals surface area (Å²) in [6.07, 6.45) is -4.42. The Morgan fingerprint density at radius 1 is 1.38 bits per heavy atom. The van der Waals surface area contributed by atoms with E-state index in [1.165, 1.54) is 12.1 Å². The molecule has 1 unspecified atom stereocenters. The van der Waals surface area contributed by atoms with Gasteiger partial charge in [-0.3, -0.25) is 4.79 Å². The number of aryl methyl sites for hydroxylation is 2. The standard InChI is InChI=1S/C16H17F3N2O3/c1-9-14(24-10(2)20-9)15(23)21-13(6-7-22)11-4-3-5-12(8-11)16(17,18)19/h3-5,8,13,22H,6-7H2,1-2H3,(H,21,23). The number of halogens is 3. The van der Waals surface area contributed by atoms with Crippen LogP contribution >= 0.6 is 0 Å². The largest absolute Gasteiger partial charge is 0.436 e. The number of carbonyl (C=O) groups excluding carboxylic acids is 1. The second kappa shape index (κ2) is 7.04. The number of hydrogen-bond donors (Lipinski definition) is 2. The van der Waals surface area contributed by atoms with Gasteiger partial charge in [-0.1, -0.05) is 12.1 Å². The first-order valence-electron chi connectivity index (χ1n) is 7.25. The van der Waals surface area contributed by atoms with E-state index in [1.807, 2.05) is 0 Å². The average Bonchev–Trinajstić information content (AvgIpc) is 2.85. The number of oxazole rings is 1. The minimum absolute atomic E-state index is 0.00224. The van der Waals surface area contributed by atoms with Crippen LogP contribution in [-0.4, -0.2) is 22.6 Å². The SMILES string of the molecule is Cc1nc(C)c(C(=O)NC(CCO)c2cccc(C(F)(F)F)c2)o1. The number of aliphatic hydroxyl groups is 1. The van der Waals surface area contributed by atoms with Crippen LogP contribution in [0.25, 0.3) is 0 Å². The summed E-state index contributed by atoms with van der Waals surface area (Å²) in [6, 6.07) is 3.85. The minimum Gasteiger partial charge on any atom is -0.436 e. The Kier molecular flexibility index (Phi) is 5.28. The molecular formula is C16H17F3N2O3. The molecule has 2 aromatic rings. The summed E-state index contributed by atoms with van der Waals surface area (Å²) < 4.78 is 43.7. The summed E-state index contributed by atoms with van der Waals surface area (Å²) in [5.41, 5.74) is -0.179. The van der Waals surface area contributed by atoms with Crippen molar-refractivity contribution < 1.29 is 27.5 Å². The lowest BCUT2D eigenvalue weighted by Gasteiger charge is -2.19. The summed E-state index contributed by atoms with van der Waals surface area (Å²) >= 11 is 0. The Morgan fingerprint density at radius 2 is 2.08 bits per heavy atom. The fraction of sp³-hybridized carbons (Fsp3) is 0.375. The maximum Gasteiger partial charge on any atom is 0.416 e. The van der Waals surface area contributed by atoms with Crippen molar-refractivity contribution in [3.8, 4) is 0 Å². The molecule has 8 heteroatoms.